The topological polar surface area (TPSA) is 35.5 Å². The Kier molecular flexibility index (Phi) is 3.30. The van der Waals surface area contributed by atoms with Crippen molar-refractivity contribution < 1.29 is 14.3 Å². The molecule has 17 heavy (non-hydrogen) atoms. The molecule has 0 amide bonds. The van der Waals surface area contributed by atoms with E-state index in [1.165, 1.54) is 12.5 Å². The minimum Gasteiger partial charge on any atom is -0.465 e. The van der Waals surface area contributed by atoms with Crippen LogP contribution in [0.3, 0.4) is 0 Å². The summed E-state index contributed by atoms with van der Waals surface area (Å²) in [6, 6.07) is 0. The monoisotopic (exact) mass is 238 g/mol. The van der Waals surface area contributed by atoms with E-state index in [9.17, 15) is 4.79 Å². The van der Waals surface area contributed by atoms with Gasteiger partial charge in [-0.25, -0.2) is 0 Å². The molecule has 0 saturated carbocycles. The van der Waals surface area contributed by atoms with Crippen LogP contribution in [0.5, 0.6) is 0 Å². The standard InChI is InChI=1S/C14H22O3/c1-9-5-6-14(8-17-12(4)15)7-16-11(3)13(9)10(14)2/h5,10-11,13H,6-8H2,1-4H3/t10-,11+,13-,14-/m1/s1. The van der Waals surface area contributed by atoms with E-state index >= 15 is 0 Å². The molecule has 4 atom stereocenters. The lowest BCUT2D eigenvalue weighted by Crippen LogP contribution is -2.52. The van der Waals surface area contributed by atoms with Gasteiger partial charge in [-0.2, -0.15) is 0 Å². The first-order valence-corrected chi connectivity index (χ1v) is 6.38. The Hall–Kier alpha value is -0.830. The summed E-state index contributed by atoms with van der Waals surface area (Å²) in [5.41, 5.74) is 1.41. The molecule has 0 aromatic heterocycles. The number of hydrogen-bond donors (Lipinski definition) is 0. The Morgan fingerprint density at radius 1 is 1.59 bits per heavy atom. The summed E-state index contributed by atoms with van der Waals surface area (Å²) in [5, 5.41) is 0. The Morgan fingerprint density at radius 3 is 2.94 bits per heavy atom. The molecule has 1 aliphatic heterocycles. The van der Waals surface area contributed by atoms with Crippen molar-refractivity contribution in [2.24, 2.45) is 17.3 Å². The number of ether oxygens (including phenoxy) is 2. The summed E-state index contributed by atoms with van der Waals surface area (Å²) in [4.78, 5) is 11.0. The first-order valence-electron chi connectivity index (χ1n) is 6.38. The van der Waals surface area contributed by atoms with Gasteiger partial charge in [-0.05, 0) is 26.2 Å². The Bertz CT molecular complexity index is 347. The molecule has 2 rings (SSSR count). The van der Waals surface area contributed by atoms with Gasteiger partial charge in [0.25, 0.3) is 0 Å². The van der Waals surface area contributed by atoms with Crippen LogP contribution in [0.4, 0.5) is 0 Å². The second-order valence-corrected chi connectivity index (χ2v) is 5.63. The van der Waals surface area contributed by atoms with Gasteiger partial charge in [0, 0.05) is 18.3 Å². The smallest absolute Gasteiger partial charge is 0.302 e. The molecule has 1 heterocycles. The largest absolute Gasteiger partial charge is 0.465 e. The van der Waals surface area contributed by atoms with E-state index in [0.29, 0.717) is 25.0 Å². The van der Waals surface area contributed by atoms with E-state index in [2.05, 4.69) is 26.8 Å². The molecule has 96 valence electrons. The van der Waals surface area contributed by atoms with Crippen LogP contribution in [0, 0.1) is 17.3 Å². The molecular formula is C14H22O3. The lowest BCUT2D eigenvalue weighted by atomic mass is 9.60. The third-order valence-electron chi connectivity index (χ3n) is 4.56. The molecule has 1 aliphatic carbocycles. The molecule has 2 aliphatic rings. The SMILES string of the molecule is CC(=O)OC[C@@]12CC=C(C)[C@@H]([C@H](C)OC1)[C@H]2C. The molecule has 0 radical (unpaired) electrons. The van der Waals surface area contributed by atoms with Crippen LogP contribution in [0.1, 0.15) is 34.1 Å². The number of rotatable bonds is 2. The fourth-order valence-corrected chi connectivity index (χ4v) is 3.31. The number of hydrogen-bond acceptors (Lipinski definition) is 3. The molecule has 3 nitrogen and oxygen atoms in total. The van der Waals surface area contributed by atoms with Crippen LogP contribution >= 0.6 is 0 Å². The van der Waals surface area contributed by atoms with Crippen molar-refractivity contribution in [1.82, 2.24) is 0 Å². The molecular weight excluding hydrogens is 216 g/mol. The maximum Gasteiger partial charge on any atom is 0.302 e. The molecule has 0 aromatic carbocycles. The summed E-state index contributed by atoms with van der Waals surface area (Å²) in [5.74, 6) is 0.775. The first-order chi connectivity index (χ1) is 7.96. The Morgan fingerprint density at radius 2 is 2.29 bits per heavy atom. The van der Waals surface area contributed by atoms with E-state index in [4.69, 9.17) is 9.47 Å². The summed E-state index contributed by atoms with van der Waals surface area (Å²) in [7, 11) is 0. The zero-order valence-electron chi connectivity index (χ0n) is 11.2. The maximum absolute atomic E-state index is 11.0. The van der Waals surface area contributed by atoms with Crippen LogP contribution in [0.25, 0.3) is 0 Å². The molecule has 0 aromatic rings. The maximum atomic E-state index is 11.0. The second kappa shape index (κ2) is 4.45. The van der Waals surface area contributed by atoms with Crippen molar-refractivity contribution in [3.63, 3.8) is 0 Å². The lowest BCUT2D eigenvalue weighted by Gasteiger charge is -2.51. The van der Waals surface area contributed by atoms with E-state index in [1.807, 2.05) is 0 Å². The first kappa shape index (κ1) is 12.6. The summed E-state index contributed by atoms with van der Waals surface area (Å²) < 4.78 is 11.1. The van der Waals surface area contributed by atoms with Crippen molar-refractivity contribution in [3.05, 3.63) is 11.6 Å². The minimum absolute atomic E-state index is 0.0116. The predicted octanol–water partition coefficient (Wildman–Crippen LogP) is 2.56. The Balaban J connectivity index is 2.21. The van der Waals surface area contributed by atoms with Gasteiger partial charge in [0.15, 0.2) is 0 Å². The van der Waals surface area contributed by atoms with Crippen LogP contribution in [0.2, 0.25) is 0 Å². The van der Waals surface area contributed by atoms with Gasteiger partial charge in [-0.15, -0.1) is 0 Å². The van der Waals surface area contributed by atoms with Crippen LogP contribution in [-0.2, 0) is 14.3 Å². The quantitative estimate of drug-likeness (QED) is 0.548. The van der Waals surface area contributed by atoms with Crippen LogP contribution < -0.4 is 0 Å². The molecule has 3 heteroatoms. The fraction of sp³-hybridized carbons (Fsp3) is 0.786. The number of carbonyl (C=O) groups excluding carboxylic acids is 1. The van der Waals surface area contributed by atoms with Gasteiger partial charge in [0.1, 0.15) is 0 Å². The van der Waals surface area contributed by atoms with Crippen LogP contribution in [0.15, 0.2) is 11.6 Å². The Labute approximate surface area is 103 Å². The predicted molar refractivity (Wildman–Crippen MR) is 65.5 cm³/mol. The molecule has 0 unspecified atom stereocenters. The van der Waals surface area contributed by atoms with Gasteiger partial charge in [-0.3, -0.25) is 4.79 Å². The van der Waals surface area contributed by atoms with E-state index in [1.54, 1.807) is 0 Å². The van der Waals surface area contributed by atoms with Crippen LogP contribution in [-0.4, -0.2) is 25.3 Å². The van der Waals surface area contributed by atoms with Gasteiger partial charge in [0.2, 0.25) is 0 Å². The summed E-state index contributed by atoms with van der Waals surface area (Å²) in [6.07, 6.45) is 3.52. The van der Waals surface area contributed by atoms with Gasteiger partial charge in [0.05, 0.1) is 19.3 Å². The second-order valence-electron chi connectivity index (χ2n) is 5.63. The number of carbonyl (C=O) groups is 1. The lowest BCUT2D eigenvalue weighted by molar-refractivity contribution is -0.165. The molecule has 0 N–H and O–H groups in total. The number of allylic oxidation sites excluding steroid dienone is 1. The van der Waals surface area contributed by atoms with Crippen molar-refractivity contribution in [2.45, 2.75) is 40.2 Å². The molecule has 2 bridgehead atoms. The highest BCUT2D eigenvalue weighted by molar-refractivity contribution is 5.65. The summed E-state index contributed by atoms with van der Waals surface area (Å²) >= 11 is 0. The van der Waals surface area contributed by atoms with Gasteiger partial charge >= 0.3 is 5.97 Å². The minimum atomic E-state index is -0.201. The zero-order valence-corrected chi connectivity index (χ0v) is 11.2. The molecule has 0 spiro atoms. The highest BCUT2D eigenvalue weighted by Gasteiger charge is 2.49. The molecule has 1 saturated heterocycles. The van der Waals surface area contributed by atoms with E-state index < -0.39 is 0 Å². The normalized spacial score (nSPS) is 40.7. The number of esters is 1. The third kappa shape index (κ3) is 2.13. The van der Waals surface area contributed by atoms with Gasteiger partial charge in [-0.1, -0.05) is 18.6 Å². The highest BCUT2D eigenvalue weighted by atomic mass is 16.5. The van der Waals surface area contributed by atoms with Crippen molar-refractivity contribution in [1.29, 1.82) is 0 Å². The number of fused-ring (bicyclic) bond motifs is 2. The van der Waals surface area contributed by atoms with Crippen molar-refractivity contribution >= 4 is 5.97 Å². The van der Waals surface area contributed by atoms with E-state index in [-0.39, 0.29) is 17.5 Å². The third-order valence-corrected chi connectivity index (χ3v) is 4.56. The average Bonchev–Trinajstić information content (AvgIpc) is 2.26. The van der Waals surface area contributed by atoms with E-state index in [0.717, 1.165) is 6.42 Å². The molecule has 1 fully saturated rings. The van der Waals surface area contributed by atoms with Gasteiger partial charge < -0.3 is 9.47 Å². The summed E-state index contributed by atoms with van der Waals surface area (Å²) in [6.45, 7) is 9.24. The fourth-order valence-electron chi connectivity index (χ4n) is 3.31. The van der Waals surface area contributed by atoms with Crippen molar-refractivity contribution in [3.8, 4) is 0 Å². The zero-order chi connectivity index (χ0) is 12.6. The highest BCUT2D eigenvalue weighted by Crippen LogP contribution is 2.49. The average molecular weight is 238 g/mol. The van der Waals surface area contributed by atoms with Crippen molar-refractivity contribution in [2.75, 3.05) is 13.2 Å².